The van der Waals surface area contributed by atoms with Crippen LogP contribution in [0.5, 0.6) is 11.5 Å². The summed E-state index contributed by atoms with van der Waals surface area (Å²) in [5.41, 5.74) is -0.739. The quantitative estimate of drug-likeness (QED) is 0.0612. The number of ether oxygens (including phenoxy) is 3. The molecule has 0 aliphatic rings. The van der Waals surface area contributed by atoms with E-state index in [0.717, 1.165) is 0 Å². The number of hydrogen-bond donors (Lipinski definition) is 4. The molecule has 0 aliphatic carbocycles. The van der Waals surface area contributed by atoms with Crippen LogP contribution < -0.4 is 20.1 Å². The fourth-order valence-electron chi connectivity index (χ4n) is 6.82. The molecule has 0 bridgehead atoms. The second kappa shape index (κ2) is 17.6. The highest BCUT2D eigenvalue weighted by Gasteiger charge is 2.55. The average molecular weight is 777 g/mol. The molecule has 0 saturated heterocycles. The van der Waals surface area contributed by atoms with Crippen LogP contribution in [0.2, 0.25) is 0 Å². The van der Waals surface area contributed by atoms with Crippen LogP contribution in [0.25, 0.3) is 10.9 Å². The van der Waals surface area contributed by atoms with Crippen molar-refractivity contribution in [3.8, 4) is 11.5 Å². The highest BCUT2D eigenvalue weighted by molar-refractivity contribution is 7.46. The van der Waals surface area contributed by atoms with Crippen LogP contribution >= 0.6 is 19.2 Å². The van der Waals surface area contributed by atoms with Gasteiger partial charge in [-0.15, -0.1) is 11.3 Å². The topological polar surface area (TPSA) is 177 Å². The molecule has 0 aliphatic heterocycles. The van der Waals surface area contributed by atoms with Gasteiger partial charge in [-0.3, -0.25) is 14.2 Å². The Morgan fingerprint density at radius 3 is 2.36 bits per heavy atom. The molecule has 2 aromatic heterocycles. The summed E-state index contributed by atoms with van der Waals surface area (Å²) in [7, 11) is -1.59. The third-order valence-electron chi connectivity index (χ3n) is 9.00. The van der Waals surface area contributed by atoms with Gasteiger partial charge < -0.3 is 34.6 Å². The largest absolute Gasteiger partial charge is 0.493 e. The van der Waals surface area contributed by atoms with Crippen LogP contribution in [-0.2, 0) is 25.0 Å². The second-order valence-electron chi connectivity index (χ2n) is 14.5. The van der Waals surface area contributed by atoms with Crippen molar-refractivity contribution in [1.82, 2.24) is 19.9 Å². The zero-order valence-electron chi connectivity index (χ0n) is 31.4. The molecule has 2 heterocycles. The average Bonchev–Trinajstić information content (AvgIpc) is 3.49. The van der Waals surface area contributed by atoms with Crippen molar-refractivity contribution >= 4 is 52.6 Å². The van der Waals surface area contributed by atoms with E-state index >= 15 is 0 Å². The number of nitrogens with zero attached hydrogens (tertiary/aromatic N) is 4. The number of phosphoric acid groups is 1. The zero-order valence-corrected chi connectivity index (χ0v) is 33.1. The maximum Gasteiger partial charge on any atom is 0.469 e. The lowest BCUT2D eigenvalue weighted by Gasteiger charge is -2.59. The molecule has 4 rings (SSSR count). The van der Waals surface area contributed by atoms with Crippen molar-refractivity contribution in [2.75, 3.05) is 57.8 Å². The first-order chi connectivity index (χ1) is 24.9. The van der Waals surface area contributed by atoms with E-state index in [2.05, 4.69) is 30.5 Å². The summed E-state index contributed by atoms with van der Waals surface area (Å²) >= 11 is 1.29. The molecule has 2 aromatic carbocycles. The van der Waals surface area contributed by atoms with Crippen LogP contribution in [-0.4, -0.2) is 88.2 Å². The van der Waals surface area contributed by atoms with Crippen molar-refractivity contribution in [3.63, 3.8) is 0 Å². The summed E-state index contributed by atoms with van der Waals surface area (Å²) in [5.74, 6) is 0.701. The number of phosphoric ester groups is 1. The predicted octanol–water partition coefficient (Wildman–Crippen LogP) is 6.82. The number of benzene rings is 2. The number of fused-ring (bicyclic) bond motifs is 1. The minimum Gasteiger partial charge on any atom is -0.493 e. The smallest absolute Gasteiger partial charge is 0.469 e. The van der Waals surface area contributed by atoms with Crippen molar-refractivity contribution < 1.29 is 42.3 Å². The van der Waals surface area contributed by atoms with Gasteiger partial charge in [-0.1, -0.05) is 47.6 Å². The summed E-state index contributed by atoms with van der Waals surface area (Å²) in [5, 5.41) is 7.08. The monoisotopic (exact) mass is 776 g/mol. The Kier molecular flexibility index (Phi) is 13.9. The molecule has 1 amide bonds. The van der Waals surface area contributed by atoms with Crippen LogP contribution in [0.15, 0.2) is 48.9 Å². The first kappa shape index (κ1) is 42.0. The molecule has 0 fully saturated rings. The van der Waals surface area contributed by atoms with E-state index in [1.807, 2.05) is 41.5 Å². The molecular weight excluding hydrogens is 726 g/mol. The van der Waals surface area contributed by atoms with E-state index in [4.69, 9.17) is 18.7 Å². The summed E-state index contributed by atoms with van der Waals surface area (Å²) in [6.45, 7) is 13.8. The van der Waals surface area contributed by atoms with E-state index < -0.39 is 30.0 Å². The lowest BCUT2D eigenvalue weighted by atomic mass is 9.59. The van der Waals surface area contributed by atoms with Gasteiger partial charge in [0.15, 0.2) is 16.6 Å². The number of carbonyl (C=O) groups is 1. The zero-order chi connectivity index (χ0) is 39.0. The number of hydrogen-bond acceptors (Lipinski definition) is 12. The lowest BCUT2D eigenvalue weighted by Crippen LogP contribution is -2.67. The van der Waals surface area contributed by atoms with Gasteiger partial charge in [-0.05, 0) is 41.5 Å². The molecule has 0 radical (unpaired) electrons. The number of amides is 1. The first-order valence-corrected chi connectivity index (χ1v) is 19.4. The van der Waals surface area contributed by atoms with E-state index in [1.165, 1.54) is 35.9 Å². The molecule has 0 unspecified atom stereocenters. The van der Waals surface area contributed by atoms with Gasteiger partial charge in [0.2, 0.25) is 5.91 Å². The van der Waals surface area contributed by atoms with Crippen LogP contribution in [0.4, 0.5) is 21.0 Å². The lowest BCUT2D eigenvalue weighted by molar-refractivity contribution is -0.122. The van der Waals surface area contributed by atoms with E-state index in [1.54, 1.807) is 38.6 Å². The predicted molar refractivity (Wildman–Crippen MR) is 203 cm³/mol. The molecule has 4 N–H and O–H groups in total. The second-order valence-corrected chi connectivity index (χ2v) is 16.9. The Morgan fingerprint density at radius 1 is 0.981 bits per heavy atom. The molecule has 290 valence electrons. The van der Waals surface area contributed by atoms with E-state index in [9.17, 15) is 23.5 Å². The van der Waals surface area contributed by atoms with Crippen LogP contribution in [0.1, 0.15) is 52.8 Å². The van der Waals surface area contributed by atoms with E-state index in [0.29, 0.717) is 76.6 Å². The third kappa shape index (κ3) is 10.9. The SMILES string of the molecule is COCCN(CCCOc1cc2ncnc(Nc3ncc(CC(=O)Nc4cccc(F)c4)s3)c2cc1OC)C(COP(=O)(O)O)(C(C)(C)C)C(C)(C)C. The Balaban J connectivity index is 1.47. The Labute approximate surface area is 313 Å². The molecule has 0 atom stereocenters. The molecule has 53 heavy (non-hydrogen) atoms. The van der Waals surface area contributed by atoms with Crippen molar-refractivity contribution in [2.45, 2.75) is 59.9 Å². The van der Waals surface area contributed by atoms with Crippen molar-refractivity contribution in [1.29, 1.82) is 0 Å². The van der Waals surface area contributed by atoms with Gasteiger partial charge in [0.05, 0.1) is 44.4 Å². The summed E-state index contributed by atoms with van der Waals surface area (Å²) < 4.78 is 48.0. The van der Waals surface area contributed by atoms with Gasteiger partial charge in [0.1, 0.15) is 18.0 Å². The summed E-state index contributed by atoms with van der Waals surface area (Å²) in [6, 6.07) is 9.26. The molecule has 14 nitrogen and oxygen atoms in total. The number of carbonyl (C=O) groups excluding carboxylic acids is 1. The summed E-state index contributed by atoms with van der Waals surface area (Å²) in [6.07, 6.45) is 3.65. The number of aromatic nitrogens is 3. The highest BCUT2D eigenvalue weighted by Crippen LogP contribution is 2.51. The maximum absolute atomic E-state index is 13.5. The maximum atomic E-state index is 13.5. The van der Waals surface area contributed by atoms with E-state index in [-0.39, 0.29) is 18.9 Å². The Bertz CT molecular complexity index is 1880. The third-order valence-corrected chi connectivity index (χ3v) is 10.4. The van der Waals surface area contributed by atoms with Gasteiger partial charge in [-0.25, -0.2) is 23.9 Å². The van der Waals surface area contributed by atoms with Gasteiger partial charge >= 0.3 is 7.82 Å². The molecule has 0 saturated carbocycles. The first-order valence-electron chi connectivity index (χ1n) is 17.0. The molecular formula is C36H50FN6O8PS. The Morgan fingerprint density at radius 2 is 1.72 bits per heavy atom. The van der Waals surface area contributed by atoms with Crippen LogP contribution in [0, 0.1) is 16.6 Å². The minimum absolute atomic E-state index is 0.0631. The fraction of sp³-hybridized carbons (Fsp3) is 0.500. The number of rotatable bonds is 18. The number of methoxy groups -OCH3 is 2. The minimum atomic E-state index is -4.75. The molecule has 4 aromatic rings. The number of nitrogens with one attached hydrogen (secondary N) is 2. The highest BCUT2D eigenvalue weighted by atomic mass is 32.1. The normalized spacial score (nSPS) is 12.7. The number of thiazole rings is 1. The van der Waals surface area contributed by atoms with Crippen molar-refractivity contribution in [2.24, 2.45) is 10.8 Å². The molecule has 0 spiro atoms. The summed E-state index contributed by atoms with van der Waals surface area (Å²) in [4.78, 5) is 48.0. The van der Waals surface area contributed by atoms with Crippen LogP contribution in [0.3, 0.4) is 0 Å². The Hall–Kier alpha value is -3.76. The van der Waals surface area contributed by atoms with Gasteiger partial charge in [0, 0.05) is 48.4 Å². The van der Waals surface area contributed by atoms with Gasteiger partial charge in [-0.2, -0.15) is 0 Å². The van der Waals surface area contributed by atoms with Crippen molar-refractivity contribution in [3.05, 3.63) is 59.6 Å². The number of halogens is 1. The number of anilines is 3. The standard InChI is InChI=1S/C36H50FN6O8PS/c1-34(2,3)36(35(4,5)6,22-51-52(45,46)47)43(14-16-48-7)13-10-15-50-30-20-28-27(19-29(30)49-8)32(40-23-39-28)42-33-38-21-26(53-33)18-31(44)41-25-12-9-11-24(37)17-25/h9,11-12,17,19-21,23H,10,13-16,18,22H2,1-8H3,(H,41,44)(H2,45,46,47)(H,38,39,40,42). The fourth-order valence-corrected chi connectivity index (χ4v) is 7.99. The molecule has 17 heteroatoms. The van der Waals surface area contributed by atoms with Gasteiger partial charge in [0.25, 0.3) is 0 Å².